The number of benzene rings is 1. The summed E-state index contributed by atoms with van der Waals surface area (Å²) in [7, 11) is 0. The number of ether oxygens (including phenoxy) is 1. The van der Waals surface area contributed by atoms with Crippen LogP contribution in [0.5, 0.6) is 0 Å². The maximum absolute atomic E-state index is 11.7. The molecule has 0 aromatic heterocycles. The van der Waals surface area contributed by atoms with E-state index in [1.807, 2.05) is 0 Å². The highest BCUT2D eigenvalue weighted by Crippen LogP contribution is 2.21. The van der Waals surface area contributed by atoms with Crippen molar-refractivity contribution in [1.29, 1.82) is 0 Å². The second-order valence-electron chi connectivity index (χ2n) is 5.30. The molecule has 1 rings (SSSR count). The first-order chi connectivity index (χ1) is 12.6. The van der Waals surface area contributed by atoms with Gasteiger partial charge in [0, 0.05) is 0 Å². The number of anilines is 1. The van der Waals surface area contributed by atoms with Crippen LogP contribution in [0.15, 0.2) is 24.3 Å². The Kier molecular flexibility index (Phi) is 9.26. The summed E-state index contributed by atoms with van der Waals surface area (Å²) in [6.45, 7) is -0.485. The molecule has 12 heteroatoms. The summed E-state index contributed by atoms with van der Waals surface area (Å²) in [5.41, 5.74) is 0.140. The van der Waals surface area contributed by atoms with Gasteiger partial charge in [0.25, 0.3) is 5.91 Å². The molecular formula is C15H17Cl2N2O8-. The third-order valence-corrected chi connectivity index (χ3v) is 3.73. The normalized spacial score (nSPS) is 13.0. The van der Waals surface area contributed by atoms with E-state index >= 15 is 0 Å². The minimum atomic E-state index is -1.44. The van der Waals surface area contributed by atoms with Gasteiger partial charge in [0.05, 0.1) is 24.6 Å². The summed E-state index contributed by atoms with van der Waals surface area (Å²) in [6.07, 6.45) is -2.20. The Labute approximate surface area is 163 Å². The molecule has 0 fully saturated rings. The quantitative estimate of drug-likeness (QED) is 0.245. The predicted octanol–water partition coefficient (Wildman–Crippen LogP) is 1.11. The molecule has 1 aromatic carbocycles. The van der Waals surface area contributed by atoms with Crippen LogP contribution in [-0.2, 0) is 19.1 Å². The first-order valence-corrected chi connectivity index (χ1v) is 8.39. The van der Waals surface area contributed by atoms with Gasteiger partial charge in [0.15, 0.2) is 4.84 Å². The van der Waals surface area contributed by atoms with Crippen molar-refractivity contribution >= 4 is 46.7 Å². The van der Waals surface area contributed by atoms with E-state index in [9.17, 15) is 24.7 Å². The van der Waals surface area contributed by atoms with Crippen LogP contribution in [-0.4, -0.2) is 50.8 Å². The summed E-state index contributed by atoms with van der Waals surface area (Å²) in [5, 5.41) is 40.5. The molecule has 0 bridgehead atoms. The number of halogens is 2. The minimum Gasteiger partial charge on any atom is -0.733 e. The molecule has 0 saturated carbocycles. The van der Waals surface area contributed by atoms with Crippen molar-refractivity contribution in [2.75, 3.05) is 11.8 Å². The lowest BCUT2D eigenvalue weighted by atomic mass is 10.0. The monoisotopic (exact) mass is 423 g/mol. The Morgan fingerprint density at radius 2 is 1.78 bits per heavy atom. The standard InChI is InChI=1S/C15H17Cl2N2O8/c16-14(17)15(24)18-10(7-27-12(22)6-5-11(20)21)13(23)8-1-3-9(4-2-8)19(25)26/h1-4,10,13-14,23,25H,5-7H2,(H,18,24)(H,20,21)/q-1. The van der Waals surface area contributed by atoms with Crippen LogP contribution in [0.4, 0.5) is 5.69 Å². The number of hydrogen-bond acceptors (Lipinski definition) is 8. The number of rotatable bonds is 10. The lowest BCUT2D eigenvalue weighted by Crippen LogP contribution is -2.45. The van der Waals surface area contributed by atoms with Crippen LogP contribution in [0, 0.1) is 5.21 Å². The molecule has 2 atom stereocenters. The number of esters is 1. The van der Waals surface area contributed by atoms with E-state index in [1.165, 1.54) is 24.3 Å². The average Bonchev–Trinajstić information content (AvgIpc) is 2.62. The van der Waals surface area contributed by atoms with Crippen LogP contribution < -0.4 is 10.5 Å². The summed E-state index contributed by atoms with van der Waals surface area (Å²) in [5.74, 6) is -2.86. The van der Waals surface area contributed by atoms with Crippen LogP contribution >= 0.6 is 23.2 Å². The summed E-state index contributed by atoms with van der Waals surface area (Å²) < 4.78 is 4.88. The molecule has 0 heterocycles. The third-order valence-electron chi connectivity index (χ3n) is 3.33. The van der Waals surface area contributed by atoms with E-state index in [1.54, 1.807) is 0 Å². The Hall–Kier alpha value is -2.11. The Morgan fingerprint density at radius 1 is 1.19 bits per heavy atom. The van der Waals surface area contributed by atoms with E-state index in [2.05, 4.69) is 5.32 Å². The van der Waals surface area contributed by atoms with Crippen molar-refractivity contribution in [2.45, 2.75) is 29.8 Å². The number of carboxylic acid groups (broad SMARTS) is 1. The molecular weight excluding hydrogens is 407 g/mol. The third kappa shape index (κ3) is 7.97. The highest BCUT2D eigenvalue weighted by Gasteiger charge is 2.26. The Bertz CT molecular complexity index is 654. The number of amides is 1. The summed E-state index contributed by atoms with van der Waals surface area (Å²) >= 11 is 10.9. The van der Waals surface area contributed by atoms with Gasteiger partial charge in [-0.1, -0.05) is 35.3 Å². The van der Waals surface area contributed by atoms with Crippen molar-refractivity contribution in [3.05, 3.63) is 35.0 Å². The highest BCUT2D eigenvalue weighted by atomic mass is 35.5. The second kappa shape index (κ2) is 10.9. The fraction of sp³-hybridized carbons (Fsp3) is 0.400. The number of carbonyl (C=O) groups excluding carboxylic acids is 2. The molecule has 0 spiro atoms. The Balaban J connectivity index is 2.84. The zero-order chi connectivity index (χ0) is 20.6. The smallest absolute Gasteiger partial charge is 0.306 e. The number of nitrogens with zero attached hydrogens (tertiary/aromatic N) is 1. The van der Waals surface area contributed by atoms with Gasteiger partial charge >= 0.3 is 11.9 Å². The molecule has 150 valence electrons. The molecule has 0 radical (unpaired) electrons. The molecule has 0 saturated heterocycles. The van der Waals surface area contributed by atoms with Crippen molar-refractivity contribution in [3.8, 4) is 0 Å². The van der Waals surface area contributed by atoms with Crippen molar-refractivity contribution < 1.29 is 34.5 Å². The van der Waals surface area contributed by atoms with Gasteiger partial charge in [-0.05, 0) is 17.7 Å². The topological polar surface area (TPSA) is 159 Å². The zero-order valence-electron chi connectivity index (χ0n) is 13.7. The fourth-order valence-corrected chi connectivity index (χ4v) is 2.08. The lowest BCUT2D eigenvalue weighted by Gasteiger charge is -2.26. The number of aliphatic carboxylic acids is 1. The molecule has 1 aromatic rings. The van der Waals surface area contributed by atoms with E-state index < -0.39 is 47.9 Å². The van der Waals surface area contributed by atoms with Crippen molar-refractivity contribution in [2.24, 2.45) is 0 Å². The van der Waals surface area contributed by atoms with Crippen LogP contribution in [0.2, 0.25) is 0 Å². The van der Waals surface area contributed by atoms with Gasteiger partial charge in [-0.2, -0.15) is 0 Å². The number of aliphatic hydroxyl groups is 1. The number of aliphatic hydroxyl groups excluding tert-OH is 1. The lowest BCUT2D eigenvalue weighted by molar-refractivity contribution is -0.149. The number of carboxylic acids is 1. The van der Waals surface area contributed by atoms with Gasteiger partial charge in [-0.3, -0.25) is 19.6 Å². The SMILES string of the molecule is O=C(O)CCC(=O)OCC(NC(=O)C(Cl)Cl)C(O)c1ccc(N([O-])O)cc1. The number of hydrogen-bond donors (Lipinski definition) is 4. The van der Waals surface area contributed by atoms with Crippen LogP contribution in [0.3, 0.4) is 0 Å². The first-order valence-electron chi connectivity index (χ1n) is 7.52. The van der Waals surface area contributed by atoms with Crippen molar-refractivity contribution in [1.82, 2.24) is 5.32 Å². The molecule has 0 aliphatic heterocycles. The average molecular weight is 424 g/mol. The number of nitrogens with one attached hydrogen (secondary N) is 1. The van der Waals surface area contributed by atoms with E-state index in [0.717, 1.165) is 0 Å². The molecule has 27 heavy (non-hydrogen) atoms. The molecule has 10 nitrogen and oxygen atoms in total. The minimum absolute atomic E-state index is 0.0896. The van der Waals surface area contributed by atoms with Gasteiger partial charge < -0.3 is 30.7 Å². The van der Waals surface area contributed by atoms with Crippen LogP contribution in [0.25, 0.3) is 0 Å². The number of alkyl halides is 2. The van der Waals surface area contributed by atoms with E-state index in [0.29, 0.717) is 0 Å². The molecule has 0 aliphatic rings. The zero-order valence-corrected chi connectivity index (χ0v) is 15.3. The van der Waals surface area contributed by atoms with Gasteiger partial charge in [0.2, 0.25) is 0 Å². The van der Waals surface area contributed by atoms with Crippen LogP contribution in [0.1, 0.15) is 24.5 Å². The molecule has 1 amide bonds. The summed E-state index contributed by atoms with van der Waals surface area (Å²) in [6, 6.07) is 3.90. The maximum atomic E-state index is 11.7. The largest absolute Gasteiger partial charge is 0.733 e. The van der Waals surface area contributed by atoms with E-state index in [-0.39, 0.29) is 22.9 Å². The first kappa shape index (κ1) is 22.9. The predicted molar refractivity (Wildman–Crippen MR) is 94.3 cm³/mol. The number of carbonyl (C=O) groups is 3. The summed E-state index contributed by atoms with van der Waals surface area (Å²) in [4.78, 5) is 32.3. The molecule has 4 N–H and O–H groups in total. The van der Waals surface area contributed by atoms with Gasteiger partial charge in [-0.25, -0.2) is 0 Å². The maximum Gasteiger partial charge on any atom is 0.306 e. The van der Waals surface area contributed by atoms with E-state index in [4.69, 9.17) is 38.3 Å². The second-order valence-corrected chi connectivity index (χ2v) is 6.40. The van der Waals surface area contributed by atoms with Gasteiger partial charge in [-0.15, -0.1) is 0 Å². The van der Waals surface area contributed by atoms with Crippen molar-refractivity contribution in [3.63, 3.8) is 0 Å². The fourth-order valence-electron chi connectivity index (χ4n) is 1.95. The molecule has 0 aliphatic carbocycles. The molecule has 2 unspecified atom stereocenters. The highest BCUT2D eigenvalue weighted by molar-refractivity contribution is 6.53. The van der Waals surface area contributed by atoms with Gasteiger partial charge in [0.1, 0.15) is 12.7 Å². The Morgan fingerprint density at radius 3 is 2.26 bits per heavy atom.